The van der Waals surface area contributed by atoms with Gasteiger partial charge in [-0.25, -0.2) is 0 Å². The van der Waals surface area contributed by atoms with Crippen molar-refractivity contribution < 1.29 is 19.1 Å². The Kier molecular flexibility index (Phi) is 10.3. The first-order valence-electron chi connectivity index (χ1n) is 11.0. The summed E-state index contributed by atoms with van der Waals surface area (Å²) >= 11 is 6.31. The predicted octanol–water partition coefficient (Wildman–Crippen LogP) is 4.84. The summed E-state index contributed by atoms with van der Waals surface area (Å²) < 4.78 is 10.9. The summed E-state index contributed by atoms with van der Waals surface area (Å²) in [5.41, 5.74) is 0.806. The van der Waals surface area contributed by atoms with Crippen molar-refractivity contribution in [3.63, 3.8) is 0 Å². The number of methoxy groups -OCH3 is 1. The number of nitrogens with zero attached hydrogens (tertiary/aromatic N) is 1. The van der Waals surface area contributed by atoms with E-state index in [0.29, 0.717) is 23.8 Å². The van der Waals surface area contributed by atoms with Crippen LogP contribution in [-0.4, -0.2) is 42.5 Å². The third-order valence-electron chi connectivity index (χ3n) is 5.33. The van der Waals surface area contributed by atoms with Gasteiger partial charge in [-0.2, -0.15) is 0 Å². The van der Waals surface area contributed by atoms with Crippen LogP contribution in [0.2, 0.25) is 5.02 Å². The molecule has 32 heavy (non-hydrogen) atoms. The van der Waals surface area contributed by atoms with E-state index in [4.69, 9.17) is 21.1 Å². The highest BCUT2D eigenvalue weighted by Gasteiger charge is 2.27. The number of hydrogen-bond donors (Lipinski definition) is 1. The standard InChI is InChI=1S/C25H33ClN2O4/c1-5-18(2)27-25(30)19(3)28(17-20-9-6-7-10-23(20)26)24(29)11-8-16-32-22-14-12-21(31-4)13-15-22/h6-7,9-10,12-15,18-19H,5,8,11,16-17H2,1-4H3,(H,27,30)/t18-,19+/m1/s1. The number of hydrogen-bond acceptors (Lipinski definition) is 4. The Morgan fingerprint density at radius 1 is 1.06 bits per heavy atom. The Balaban J connectivity index is 2.00. The fraction of sp³-hybridized carbons (Fsp3) is 0.440. The van der Waals surface area contributed by atoms with Gasteiger partial charge >= 0.3 is 0 Å². The van der Waals surface area contributed by atoms with Crippen molar-refractivity contribution in [1.82, 2.24) is 10.2 Å². The van der Waals surface area contributed by atoms with E-state index in [1.54, 1.807) is 25.0 Å². The maximum Gasteiger partial charge on any atom is 0.242 e. The van der Waals surface area contributed by atoms with Gasteiger partial charge in [-0.3, -0.25) is 9.59 Å². The molecule has 0 spiro atoms. The minimum atomic E-state index is -0.615. The zero-order valence-electron chi connectivity index (χ0n) is 19.3. The zero-order valence-corrected chi connectivity index (χ0v) is 20.0. The molecule has 0 fully saturated rings. The number of carbonyl (C=O) groups is 2. The number of halogens is 1. The van der Waals surface area contributed by atoms with Crippen molar-refractivity contribution in [3.8, 4) is 11.5 Å². The van der Waals surface area contributed by atoms with Crippen LogP contribution in [-0.2, 0) is 16.1 Å². The molecule has 0 aromatic heterocycles. The molecule has 2 amide bonds. The third kappa shape index (κ3) is 7.75. The molecule has 0 radical (unpaired) electrons. The SMILES string of the molecule is CC[C@@H](C)NC(=O)[C@H](C)N(Cc1ccccc1Cl)C(=O)CCCOc1ccc(OC)cc1. The highest BCUT2D eigenvalue weighted by Crippen LogP contribution is 2.20. The fourth-order valence-corrected chi connectivity index (χ4v) is 3.28. The summed E-state index contributed by atoms with van der Waals surface area (Å²) in [6.45, 7) is 6.37. The molecular formula is C25H33ClN2O4. The lowest BCUT2D eigenvalue weighted by Crippen LogP contribution is -2.49. The number of benzene rings is 2. The van der Waals surface area contributed by atoms with Gasteiger partial charge in [0.05, 0.1) is 13.7 Å². The molecule has 0 heterocycles. The maximum absolute atomic E-state index is 13.1. The highest BCUT2D eigenvalue weighted by atomic mass is 35.5. The van der Waals surface area contributed by atoms with Crippen LogP contribution in [0, 0.1) is 0 Å². The minimum absolute atomic E-state index is 0.0418. The average molecular weight is 461 g/mol. The van der Waals surface area contributed by atoms with Crippen LogP contribution in [0.4, 0.5) is 0 Å². The Bertz CT molecular complexity index is 873. The third-order valence-corrected chi connectivity index (χ3v) is 5.70. The lowest BCUT2D eigenvalue weighted by atomic mass is 10.1. The molecule has 2 rings (SSSR count). The number of nitrogens with one attached hydrogen (secondary N) is 1. The molecule has 2 atom stereocenters. The van der Waals surface area contributed by atoms with Gasteiger partial charge in [0.1, 0.15) is 17.5 Å². The molecule has 0 saturated carbocycles. The van der Waals surface area contributed by atoms with Crippen LogP contribution in [0.15, 0.2) is 48.5 Å². The quantitative estimate of drug-likeness (QED) is 0.460. The van der Waals surface area contributed by atoms with E-state index >= 15 is 0 Å². The van der Waals surface area contributed by atoms with E-state index in [0.717, 1.165) is 17.7 Å². The molecule has 174 valence electrons. The molecule has 1 N–H and O–H groups in total. The lowest BCUT2D eigenvalue weighted by Gasteiger charge is -2.30. The number of ether oxygens (including phenoxy) is 2. The van der Waals surface area contributed by atoms with E-state index in [-0.39, 0.29) is 30.8 Å². The zero-order chi connectivity index (χ0) is 23.5. The van der Waals surface area contributed by atoms with Crippen LogP contribution in [0.3, 0.4) is 0 Å². The molecular weight excluding hydrogens is 428 g/mol. The maximum atomic E-state index is 13.1. The number of rotatable bonds is 12. The van der Waals surface area contributed by atoms with Crippen LogP contribution < -0.4 is 14.8 Å². The molecule has 0 aliphatic rings. The molecule has 2 aromatic carbocycles. The normalized spacial score (nSPS) is 12.5. The first kappa shape index (κ1) is 25.5. The molecule has 0 aliphatic carbocycles. The van der Waals surface area contributed by atoms with Gasteiger partial charge in [0, 0.05) is 24.0 Å². The summed E-state index contributed by atoms with van der Waals surface area (Å²) in [4.78, 5) is 27.4. The van der Waals surface area contributed by atoms with Crippen molar-refractivity contribution in [2.45, 2.75) is 58.7 Å². The van der Waals surface area contributed by atoms with Gasteiger partial charge in [-0.1, -0.05) is 36.7 Å². The summed E-state index contributed by atoms with van der Waals surface area (Å²) in [7, 11) is 1.61. The second kappa shape index (κ2) is 13.0. The number of carbonyl (C=O) groups excluding carboxylic acids is 2. The van der Waals surface area contributed by atoms with Gasteiger partial charge in [0.25, 0.3) is 0 Å². The van der Waals surface area contributed by atoms with Gasteiger partial charge in [0.15, 0.2) is 0 Å². The van der Waals surface area contributed by atoms with E-state index in [1.807, 2.05) is 56.3 Å². The van der Waals surface area contributed by atoms with Gasteiger partial charge in [-0.15, -0.1) is 0 Å². The van der Waals surface area contributed by atoms with Crippen molar-refractivity contribution in [2.75, 3.05) is 13.7 Å². The average Bonchev–Trinajstić information content (AvgIpc) is 2.80. The van der Waals surface area contributed by atoms with E-state index in [9.17, 15) is 9.59 Å². The summed E-state index contributed by atoms with van der Waals surface area (Å²) in [5.74, 6) is 1.18. The Morgan fingerprint density at radius 2 is 1.72 bits per heavy atom. The van der Waals surface area contributed by atoms with Crippen molar-refractivity contribution >= 4 is 23.4 Å². The van der Waals surface area contributed by atoms with E-state index in [1.165, 1.54) is 0 Å². The first-order valence-corrected chi connectivity index (χ1v) is 11.3. The smallest absolute Gasteiger partial charge is 0.242 e. The van der Waals surface area contributed by atoms with E-state index < -0.39 is 6.04 Å². The minimum Gasteiger partial charge on any atom is -0.497 e. The molecule has 0 saturated heterocycles. The molecule has 0 aliphatic heterocycles. The van der Waals surface area contributed by atoms with Crippen LogP contribution in [0.25, 0.3) is 0 Å². The second-order valence-electron chi connectivity index (χ2n) is 7.73. The van der Waals surface area contributed by atoms with Crippen molar-refractivity contribution in [3.05, 3.63) is 59.1 Å². The highest BCUT2D eigenvalue weighted by molar-refractivity contribution is 6.31. The largest absolute Gasteiger partial charge is 0.497 e. The monoisotopic (exact) mass is 460 g/mol. The van der Waals surface area contributed by atoms with Crippen LogP contribution in [0.5, 0.6) is 11.5 Å². The first-order chi connectivity index (χ1) is 15.3. The van der Waals surface area contributed by atoms with Gasteiger partial charge < -0.3 is 19.7 Å². The molecule has 7 heteroatoms. The molecule has 0 bridgehead atoms. The lowest BCUT2D eigenvalue weighted by molar-refractivity contribution is -0.141. The molecule has 6 nitrogen and oxygen atoms in total. The molecule has 0 unspecified atom stereocenters. The van der Waals surface area contributed by atoms with Crippen LogP contribution >= 0.6 is 11.6 Å². The number of amides is 2. The Labute approximate surface area is 195 Å². The second-order valence-corrected chi connectivity index (χ2v) is 8.14. The summed E-state index contributed by atoms with van der Waals surface area (Å²) in [6, 6.07) is 14.1. The van der Waals surface area contributed by atoms with Crippen molar-refractivity contribution in [1.29, 1.82) is 0 Å². The van der Waals surface area contributed by atoms with Crippen molar-refractivity contribution in [2.24, 2.45) is 0 Å². The predicted molar refractivity (Wildman–Crippen MR) is 127 cm³/mol. The Morgan fingerprint density at radius 3 is 2.34 bits per heavy atom. The fourth-order valence-electron chi connectivity index (χ4n) is 3.09. The van der Waals surface area contributed by atoms with Gasteiger partial charge in [-0.05, 0) is 62.6 Å². The summed E-state index contributed by atoms with van der Waals surface area (Å²) in [5, 5.41) is 3.53. The Hall–Kier alpha value is -2.73. The van der Waals surface area contributed by atoms with E-state index in [2.05, 4.69) is 5.32 Å². The van der Waals surface area contributed by atoms with Crippen LogP contribution in [0.1, 0.15) is 45.6 Å². The van der Waals surface area contributed by atoms with Gasteiger partial charge in [0.2, 0.25) is 11.8 Å². The summed E-state index contributed by atoms with van der Waals surface area (Å²) in [6.07, 6.45) is 1.62. The molecule has 2 aromatic rings. The topological polar surface area (TPSA) is 67.9 Å².